The summed E-state index contributed by atoms with van der Waals surface area (Å²) in [7, 11) is 0. The molecular weight excluding hydrogens is 191 g/mol. The van der Waals surface area contributed by atoms with Gasteiger partial charge in [0.2, 0.25) is 0 Å². The van der Waals surface area contributed by atoms with Gasteiger partial charge >= 0.3 is 32.7 Å². The zero-order valence-corrected chi connectivity index (χ0v) is 8.48. The molecule has 0 atom stereocenters. The monoisotopic (exact) mass is 199 g/mol. The summed E-state index contributed by atoms with van der Waals surface area (Å²) in [4.78, 5) is 3.80. The van der Waals surface area contributed by atoms with Crippen LogP contribution in [0.2, 0.25) is 0 Å². The Kier molecular flexibility index (Phi) is 4.33. The molecule has 0 bridgehead atoms. The van der Waals surface area contributed by atoms with E-state index in [-0.39, 0.29) is 32.7 Å². The van der Waals surface area contributed by atoms with E-state index in [9.17, 15) is 0 Å². The molecule has 0 fully saturated rings. The van der Waals surface area contributed by atoms with Crippen LogP contribution in [0.15, 0.2) is 4.42 Å². The summed E-state index contributed by atoms with van der Waals surface area (Å²) >= 11 is 0. The summed E-state index contributed by atoms with van der Waals surface area (Å²) in [5, 5.41) is 0. The molecule has 0 saturated carbocycles. The molecule has 0 aliphatic rings. The number of oxazole rings is 1. The van der Waals surface area contributed by atoms with Crippen molar-refractivity contribution in [3.05, 3.63) is 17.8 Å². The first kappa shape index (κ1) is 9.31. The summed E-state index contributed by atoms with van der Waals surface area (Å²) in [6.45, 7) is 3.83. The van der Waals surface area contributed by atoms with Crippen molar-refractivity contribution in [3.8, 4) is 0 Å². The number of rotatable bonds is 1. The van der Waals surface area contributed by atoms with Crippen molar-refractivity contribution in [1.82, 2.24) is 4.98 Å². The first-order valence-electron chi connectivity index (χ1n) is 2.67. The van der Waals surface area contributed by atoms with Crippen LogP contribution in [0.25, 0.3) is 0 Å². The van der Waals surface area contributed by atoms with E-state index in [4.69, 9.17) is 4.42 Å². The molecule has 1 aromatic heterocycles. The molecule has 0 amide bonds. The predicted molar refractivity (Wildman–Crippen MR) is 29.5 cm³/mol. The van der Waals surface area contributed by atoms with Gasteiger partial charge in [-0.2, -0.15) is 0 Å². The first-order chi connectivity index (χ1) is 3.83. The molecule has 0 N–H and O–H groups in total. The maximum absolute atomic E-state index is 5.07. The number of hydrogen-bond donors (Lipinski definition) is 0. The summed E-state index contributed by atoms with van der Waals surface area (Å²) in [6.07, 6.45) is 3.61. The Bertz CT molecular complexity index is 173. The van der Waals surface area contributed by atoms with E-state index in [1.165, 1.54) is 0 Å². The second kappa shape index (κ2) is 4.18. The summed E-state index contributed by atoms with van der Waals surface area (Å²) in [5.41, 5.74) is 0. The molecule has 9 heavy (non-hydrogen) atoms. The van der Waals surface area contributed by atoms with Gasteiger partial charge in [0, 0.05) is 11.7 Å². The van der Waals surface area contributed by atoms with Crippen molar-refractivity contribution in [1.29, 1.82) is 0 Å². The van der Waals surface area contributed by atoms with Crippen molar-refractivity contribution in [2.75, 3.05) is 0 Å². The average Bonchev–Trinajstić information content (AvgIpc) is 2.14. The molecule has 1 rings (SSSR count). The fraction of sp³-hybridized carbons (Fsp3) is 0.500. The minimum absolute atomic E-state index is 0. The van der Waals surface area contributed by atoms with E-state index in [1.54, 1.807) is 0 Å². The van der Waals surface area contributed by atoms with Gasteiger partial charge in [-0.15, -0.1) is 6.20 Å². The number of aromatic nitrogens is 1. The van der Waals surface area contributed by atoms with Crippen LogP contribution in [0.5, 0.6) is 0 Å². The van der Waals surface area contributed by atoms with Crippen LogP contribution >= 0.6 is 0 Å². The van der Waals surface area contributed by atoms with E-state index in [2.05, 4.69) is 11.2 Å². The third-order valence-electron chi connectivity index (χ3n) is 0.930. The van der Waals surface area contributed by atoms with Crippen LogP contribution in [0.1, 0.15) is 18.6 Å². The molecule has 0 aliphatic carbocycles. The summed E-state index contributed by atoms with van der Waals surface area (Å²) in [6, 6.07) is 0. The minimum Gasteiger partial charge on any atom is -0.551 e. The Balaban J connectivity index is 0.000000640. The third-order valence-corrected chi connectivity index (χ3v) is 0.930. The smallest absolute Gasteiger partial charge is 0.551 e. The van der Waals surface area contributed by atoms with Crippen LogP contribution in [0.4, 0.5) is 0 Å². The van der Waals surface area contributed by atoms with Crippen molar-refractivity contribution < 1.29 is 37.1 Å². The molecule has 1 heterocycles. The summed E-state index contributed by atoms with van der Waals surface area (Å²) in [5.74, 6) is 1.53. The van der Waals surface area contributed by atoms with Gasteiger partial charge < -0.3 is 9.40 Å². The Morgan fingerprint density at radius 3 is 2.56 bits per heavy atom. The van der Waals surface area contributed by atoms with E-state index in [0.29, 0.717) is 5.89 Å². The van der Waals surface area contributed by atoms with Gasteiger partial charge in [0.15, 0.2) is 0 Å². The van der Waals surface area contributed by atoms with Gasteiger partial charge in [-0.3, -0.25) is 0 Å². The van der Waals surface area contributed by atoms with Gasteiger partial charge in [-0.1, -0.05) is 13.8 Å². The Morgan fingerprint density at radius 2 is 2.33 bits per heavy atom. The van der Waals surface area contributed by atoms with E-state index in [0.717, 1.165) is 12.2 Å². The van der Waals surface area contributed by atoms with Crippen molar-refractivity contribution in [3.63, 3.8) is 0 Å². The second-order valence-corrected chi connectivity index (χ2v) is 1.62. The van der Waals surface area contributed by atoms with Gasteiger partial charge in [0.1, 0.15) is 0 Å². The fourth-order valence-electron chi connectivity index (χ4n) is 0.516. The minimum atomic E-state index is 0. The molecule has 1 aromatic rings. The van der Waals surface area contributed by atoms with Crippen LogP contribution in [0.3, 0.4) is 0 Å². The normalized spacial score (nSPS) is 8.67. The maximum Gasteiger partial charge on any atom is 3.00 e. The van der Waals surface area contributed by atoms with Crippen LogP contribution < -0.4 is 0 Å². The molecule has 0 unspecified atom stereocenters. The number of hydrogen-bond acceptors (Lipinski definition) is 2. The van der Waals surface area contributed by atoms with E-state index < -0.39 is 0 Å². The zero-order valence-electron chi connectivity index (χ0n) is 5.64. The van der Waals surface area contributed by atoms with Crippen LogP contribution in [-0.2, 0) is 39.1 Å². The molecule has 3 heteroatoms. The number of nitrogens with zero attached hydrogens (tertiary/aromatic N) is 1. The summed E-state index contributed by atoms with van der Waals surface area (Å²) < 4.78 is 5.07. The Labute approximate surface area is 79.9 Å². The largest absolute Gasteiger partial charge is 3.00 e. The molecule has 0 spiro atoms. The molecule has 0 aliphatic heterocycles. The maximum atomic E-state index is 5.07. The van der Waals surface area contributed by atoms with Gasteiger partial charge in [-0.25, -0.2) is 0 Å². The molecule has 0 aromatic carbocycles. The quantitative estimate of drug-likeness (QED) is 0.638. The van der Waals surface area contributed by atoms with Crippen LogP contribution in [0, 0.1) is 13.1 Å². The van der Waals surface area contributed by atoms with Gasteiger partial charge in [0.25, 0.3) is 0 Å². The fourth-order valence-corrected chi connectivity index (χ4v) is 0.516. The van der Waals surface area contributed by atoms with E-state index >= 15 is 0 Å². The second-order valence-electron chi connectivity index (χ2n) is 1.62. The predicted octanol–water partition coefficient (Wildman–Crippen LogP) is 1.34. The molecule has 44 valence electrons. The number of aryl methyl sites for hydroxylation is 2. The standard InChI is InChI=1S/C6H8NO.Y/c1-3-6-4-7-5(2)8-6;/h3H2,1-2H3;/q-1;+3. The third kappa shape index (κ3) is 2.59. The molecule has 2 nitrogen and oxygen atoms in total. The average molecular weight is 199 g/mol. The van der Waals surface area contributed by atoms with Crippen molar-refractivity contribution in [2.24, 2.45) is 0 Å². The Hall–Kier alpha value is 0.314. The van der Waals surface area contributed by atoms with Crippen molar-refractivity contribution in [2.45, 2.75) is 20.3 Å². The van der Waals surface area contributed by atoms with Crippen molar-refractivity contribution >= 4 is 0 Å². The molecular formula is C6H8NOY+2. The molecule has 0 radical (unpaired) electrons. The zero-order chi connectivity index (χ0) is 5.98. The first-order valence-corrected chi connectivity index (χ1v) is 2.67. The van der Waals surface area contributed by atoms with E-state index in [1.807, 2.05) is 13.8 Å². The topological polar surface area (TPSA) is 26.0 Å². The van der Waals surface area contributed by atoms with Gasteiger partial charge in [-0.05, 0) is 6.42 Å². The van der Waals surface area contributed by atoms with Crippen LogP contribution in [-0.4, -0.2) is 4.98 Å². The molecule has 0 saturated heterocycles. The SMILES string of the molecule is CCc1[c-]nc(C)o1.[Y+3]. The Morgan fingerprint density at radius 1 is 1.67 bits per heavy atom. The van der Waals surface area contributed by atoms with Gasteiger partial charge in [0.05, 0.1) is 0 Å².